The number of rotatable bonds is 4. The van der Waals surface area contributed by atoms with E-state index in [2.05, 4.69) is 35.4 Å². The monoisotopic (exact) mass is 345 g/mol. The van der Waals surface area contributed by atoms with E-state index in [1.807, 2.05) is 24.3 Å². The average molecular weight is 345 g/mol. The highest BCUT2D eigenvalue weighted by atomic mass is 16.2. The van der Waals surface area contributed by atoms with E-state index >= 15 is 0 Å². The minimum Gasteiger partial charge on any atom is -0.336 e. The number of allylic oxidation sites excluding steroid dienone is 1. The molecule has 1 aliphatic carbocycles. The minimum absolute atomic E-state index is 0.0435. The van der Waals surface area contributed by atoms with Gasteiger partial charge in [0.25, 0.3) is 0 Å². The summed E-state index contributed by atoms with van der Waals surface area (Å²) in [6.45, 7) is 6.28. The highest BCUT2D eigenvalue weighted by Gasteiger charge is 2.46. The van der Waals surface area contributed by atoms with Gasteiger partial charge in [-0.15, -0.1) is 0 Å². The number of nitrogens with zero attached hydrogens (tertiary/aromatic N) is 1. The first-order valence-corrected chi connectivity index (χ1v) is 9.24. The lowest BCUT2D eigenvalue weighted by atomic mass is 9.66. The summed E-state index contributed by atoms with van der Waals surface area (Å²) < 4.78 is 2.19. The normalized spacial score (nSPS) is 20.6. The number of Topliss-reactive ketones (excluding diaryl/α,β-unsaturated/α-hetero) is 2. The molecule has 0 radical (unpaired) electrons. The predicted octanol–water partition coefficient (Wildman–Crippen LogP) is 5.07. The molecule has 4 rings (SSSR count). The van der Waals surface area contributed by atoms with Gasteiger partial charge in [-0.2, -0.15) is 0 Å². The number of aromatic nitrogens is 1. The van der Waals surface area contributed by atoms with Gasteiger partial charge in [-0.05, 0) is 37.5 Å². The molecule has 3 heteroatoms. The second-order valence-electron chi connectivity index (χ2n) is 7.32. The Labute approximate surface area is 153 Å². The van der Waals surface area contributed by atoms with Crippen LogP contribution in [0.3, 0.4) is 0 Å². The van der Waals surface area contributed by atoms with E-state index in [0.717, 1.165) is 29.4 Å². The van der Waals surface area contributed by atoms with Crippen LogP contribution in [0.4, 0.5) is 0 Å². The largest absolute Gasteiger partial charge is 0.336 e. The minimum atomic E-state index is -1.01. The first-order chi connectivity index (χ1) is 12.6. The Hall–Kier alpha value is -2.68. The molecule has 0 amide bonds. The van der Waals surface area contributed by atoms with Crippen LogP contribution in [0, 0.1) is 5.41 Å². The number of ketones is 2. The standard InChI is InChI=1S/C23H23NO2/c1-16(23(17(2)25)14-8-7-13-22(23)26)15-24-20-11-5-3-9-18(20)19-10-4-6-12-21(19)24/h3-6,9-12H,1,7-8,13-15H2,2H3. The quantitative estimate of drug-likeness (QED) is 0.489. The predicted molar refractivity (Wildman–Crippen MR) is 105 cm³/mol. The van der Waals surface area contributed by atoms with E-state index in [1.54, 1.807) is 6.92 Å². The summed E-state index contributed by atoms with van der Waals surface area (Å²) in [6.07, 6.45) is 2.84. The second kappa shape index (κ2) is 6.24. The number of carbonyl (C=O) groups excluding carboxylic acids is 2. The molecule has 0 saturated heterocycles. The molecule has 1 aliphatic rings. The van der Waals surface area contributed by atoms with Gasteiger partial charge in [0.2, 0.25) is 0 Å². The first kappa shape index (κ1) is 16.8. The van der Waals surface area contributed by atoms with Crippen LogP contribution < -0.4 is 0 Å². The van der Waals surface area contributed by atoms with E-state index in [9.17, 15) is 9.59 Å². The highest BCUT2D eigenvalue weighted by Crippen LogP contribution is 2.42. The van der Waals surface area contributed by atoms with Crippen molar-refractivity contribution in [2.24, 2.45) is 5.41 Å². The van der Waals surface area contributed by atoms with Crippen molar-refractivity contribution in [2.45, 2.75) is 39.2 Å². The molecule has 3 aromatic rings. The molecular formula is C23H23NO2. The molecule has 0 aliphatic heterocycles. The fourth-order valence-electron chi connectivity index (χ4n) is 4.52. The van der Waals surface area contributed by atoms with Gasteiger partial charge in [0.15, 0.2) is 5.78 Å². The molecule has 0 spiro atoms. The van der Waals surface area contributed by atoms with Crippen molar-refractivity contribution in [3.63, 3.8) is 0 Å². The number of carbonyl (C=O) groups is 2. The molecule has 1 saturated carbocycles. The molecule has 1 atom stereocenters. The van der Waals surface area contributed by atoms with E-state index in [1.165, 1.54) is 10.8 Å². The van der Waals surface area contributed by atoms with Gasteiger partial charge in [0.1, 0.15) is 11.2 Å². The maximum Gasteiger partial charge on any atom is 0.150 e. The van der Waals surface area contributed by atoms with Crippen LogP contribution in [0.25, 0.3) is 21.8 Å². The van der Waals surface area contributed by atoms with E-state index in [4.69, 9.17) is 0 Å². The summed E-state index contributed by atoms with van der Waals surface area (Å²) in [5.41, 5.74) is 1.93. The molecule has 1 aromatic heterocycles. The van der Waals surface area contributed by atoms with E-state index in [0.29, 0.717) is 19.4 Å². The molecule has 26 heavy (non-hydrogen) atoms. The highest BCUT2D eigenvalue weighted by molar-refractivity contribution is 6.10. The average Bonchev–Trinajstić information content (AvgIpc) is 2.96. The molecule has 1 fully saturated rings. The Bertz CT molecular complexity index is 989. The number of hydrogen-bond acceptors (Lipinski definition) is 2. The Balaban J connectivity index is 1.85. The Morgan fingerprint density at radius 1 is 1.04 bits per heavy atom. The zero-order chi connectivity index (χ0) is 18.3. The Kier molecular flexibility index (Phi) is 4.03. The topological polar surface area (TPSA) is 39.1 Å². The van der Waals surface area contributed by atoms with Crippen molar-refractivity contribution >= 4 is 33.4 Å². The summed E-state index contributed by atoms with van der Waals surface area (Å²) >= 11 is 0. The third kappa shape index (κ3) is 2.34. The van der Waals surface area contributed by atoms with Gasteiger partial charge in [-0.25, -0.2) is 0 Å². The molecule has 0 bridgehead atoms. The van der Waals surface area contributed by atoms with Crippen LogP contribution in [0.2, 0.25) is 0 Å². The van der Waals surface area contributed by atoms with Gasteiger partial charge in [-0.3, -0.25) is 9.59 Å². The molecule has 0 N–H and O–H groups in total. The summed E-state index contributed by atoms with van der Waals surface area (Å²) in [4.78, 5) is 25.3. The number of fused-ring (bicyclic) bond motifs is 3. The molecular weight excluding hydrogens is 322 g/mol. The fourth-order valence-corrected chi connectivity index (χ4v) is 4.52. The second-order valence-corrected chi connectivity index (χ2v) is 7.32. The van der Waals surface area contributed by atoms with Crippen LogP contribution in [0.1, 0.15) is 32.6 Å². The maximum absolute atomic E-state index is 12.8. The van der Waals surface area contributed by atoms with Crippen molar-refractivity contribution in [1.82, 2.24) is 4.57 Å². The zero-order valence-electron chi connectivity index (χ0n) is 15.1. The van der Waals surface area contributed by atoms with Gasteiger partial charge in [0, 0.05) is 34.8 Å². The summed E-state index contributed by atoms with van der Waals surface area (Å²) in [6, 6.07) is 16.5. The van der Waals surface area contributed by atoms with Crippen molar-refractivity contribution in [3.05, 3.63) is 60.7 Å². The van der Waals surface area contributed by atoms with Crippen molar-refractivity contribution in [2.75, 3.05) is 0 Å². The van der Waals surface area contributed by atoms with Gasteiger partial charge >= 0.3 is 0 Å². The molecule has 3 nitrogen and oxygen atoms in total. The summed E-state index contributed by atoms with van der Waals surface area (Å²) in [7, 11) is 0. The maximum atomic E-state index is 12.8. The number of para-hydroxylation sites is 2. The molecule has 1 heterocycles. The molecule has 2 aromatic carbocycles. The van der Waals surface area contributed by atoms with Crippen LogP contribution in [0.15, 0.2) is 60.7 Å². The van der Waals surface area contributed by atoms with Crippen molar-refractivity contribution < 1.29 is 9.59 Å². The zero-order valence-corrected chi connectivity index (χ0v) is 15.1. The van der Waals surface area contributed by atoms with Crippen LogP contribution >= 0.6 is 0 Å². The van der Waals surface area contributed by atoms with E-state index in [-0.39, 0.29) is 11.6 Å². The van der Waals surface area contributed by atoms with Gasteiger partial charge < -0.3 is 4.57 Å². The molecule has 1 unspecified atom stereocenters. The van der Waals surface area contributed by atoms with Gasteiger partial charge in [0.05, 0.1) is 0 Å². The third-order valence-electron chi connectivity index (χ3n) is 5.92. The number of benzene rings is 2. The SMILES string of the molecule is C=C(Cn1c2ccccc2c2ccccc21)C1(C(C)=O)CCCCC1=O. The van der Waals surface area contributed by atoms with Crippen molar-refractivity contribution in [3.8, 4) is 0 Å². The Morgan fingerprint density at radius 2 is 1.62 bits per heavy atom. The lowest BCUT2D eigenvalue weighted by Crippen LogP contribution is -2.43. The van der Waals surface area contributed by atoms with E-state index < -0.39 is 5.41 Å². The first-order valence-electron chi connectivity index (χ1n) is 9.24. The fraction of sp³-hybridized carbons (Fsp3) is 0.304. The van der Waals surface area contributed by atoms with Gasteiger partial charge in [-0.1, -0.05) is 49.4 Å². The van der Waals surface area contributed by atoms with Crippen molar-refractivity contribution in [1.29, 1.82) is 0 Å². The third-order valence-corrected chi connectivity index (χ3v) is 5.92. The molecule has 132 valence electrons. The lowest BCUT2D eigenvalue weighted by Gasteiger charge is -2.35. The van der Waals surface area contributed by atoms with Crippen LogP contribution in [0.5, 0.6) is 0 Å². The lowest BCUT2D eigenvalue weighted by molar-refractivity contribution is -0.139. The summed E-state index contributed by atoms with van der Waals surface area (Å²) in [5.74, 6) is -0.0185. The Morgan fingerprint density at radius 3 is 2.15 bits per heavy atom. The summed E-state index contributed by atoms with van der Waals surface area (Å²) in [5, 5.41) is 2.37. The number of hydrogen-bond donors (Lipinski definition) is 0. The van der Waals surface area contributed by atoms with Crippen LogP contribution in [-0.2, 0) is 16.1 Å². The smallest absolute Gasteiger partial charge is 0.150 e. The van der Waals surface area contributed by atoms with Crippen LogP contribution in [-0.4, -0.2) is 16.1 Å².